The fourth-order valence-corrected chi connectivity index (χ4v) is 4.22. The summed E-state index contributed by atoms with van der Waals surface area (Å²) in [6, 6.07) is 10.2. The van der Waals surface area contributed by atoms with Gasteiger partial charge in [0.05, 0.1) is 6.54 Å². The number of ether oxygens (including phenoxy) is 1. The van der Waals surface area contributed by atoms with Crippen LogP contribution in [-0.4, -0.2) is 51.0 Å². The van der Waals surface area contributed by atoms with E-state index in [1.807, 2.05) is 0 Å². The van der Waals surface area contributed by atoms with E-state index in [2.05, 4.69) is 21.2 Å². The molecule has 2 aliphatic heterocycles. The zero-order valence-electron chi connectivity index (χ0n) is 18.2. The van der Waals surface area contributed by atoms with E-state index >= 15 is 0 Å². The van der Waals surface area contributed by atoms with Crippen molar-refractivity contribution in [2.24, 2.45) is 0 Å². The quantitative estimate of drug-likeness (QED) is 0.604. The minimum atomic E-state index is -1.70. The molecule has 0 radical (unpaired) electrons. The Kier molecular flexibility index (Phi) is 5.44. The number of imide groups is 3. The molecule has 2 aliphatic rings. The van der Waals surface area contributed by atoms with Crippen molar-refractivity contribution in [1.82, 2.24) is 15.1 Å². The summed E-state index contributed by atoms with van der Waals surface area (Å²) in [6.45, 7) is 4.80. The van der Waals surface area contributed by atoms with Crippen LogP contribution in [0, 0.1) is 0 Å². The first-order valence-electron chi connectivity index (χ1n) is 10.2. The maximum atomic E-state index is 13.6. The van der Waals surface area contributed by atoms with Crippen LogP contribution in [0.5, 0.6) is 5.75 Å². The van der Waals surface area contributed by atoms with Crippen molar-refractivity contribution in [2.75, 3.05) is 6.54 Å². The van der Waals surface area contributed by atoms with Crippen LogP contribution in [0.4, 0.5) is 9.59 Å². The van der Waals surface area contributed by atoms with Crippen molar-refractivity contribution in [3.8, 4) is 5.75 Å². The van der Waals surface area contributed by atoms with Crippen LogP contribution in [-0.2, 0) is 21.6 Å². The molecule has 0 bridgehead atoms. The highest BCUT2D eigenvalue weighted by Gasteiger charge is 2.57. The maximum absolute atomic E-state index is 13.6. The second-order valence-corrected chi connectivity index (χ2v) is 9.88. The SMILES string of the molecule is CC(C)(C)OC(=O)N1C(=O)NC(CN2Cc3cc(O)ccc3C2=O)(c2ccc(Br)cc2)C1=O. The summed E-state index contributed by atoms with van der Waals surface area (Å²) in [5.74, 6) is -1.16. The molecule has 4 rings (SSSR count). The molecule has 2 heterocycles. The van der Waals surface area contributed by atoms with Gasteiger partial charge in [0.2, 0.25) is 0 Å². The lowest BCUT2D eigenvalue weighted by Gasteiger charge is -2.31. The molecule has 0 aromatic heterocycles. The molecule has 5 amide bonds. The number of hydrogen-bond acceptors (Lipinski definition) is 6. The first-order valence-corrected chi connectivity index (χ1v) is 11.0. The molecule has 0 aliphatic carbocycles. The molecule has 9 nitrogen and oxygen atoms in total. The van der Waals surface area contributed by atoms with Crippen molar-refractivity contribution < 1.29 is 29.0 Å². The third kappa shape index (κ3) is 4.06. The van der Waals surface area contributed by atoms with Gasteiger partial charge in [-0.3, -0.25) is 9.59 Å². The van der Waals surface area contributed by atoms with Gasteiger partial charge in [0, 0.05) is 16.6 Å². The standard InChI is InChI=1S/C23H22BrN3O6/c1-22(2,3)33-21(32)27-19(30)23(25-20(27)31,14-4-6-15(24)7-5-14)12-26-11-13-10-16(28)8-9-17(13)18(26)29/h4-10,28H,11-12H2,1-3H3,(H,25,31). The molecule has 2 N–H and O–H groups in total. The van der Waals surface area contributed by atoms with E-state index in [-0.39, 0.29) is 24.7 Å². The van der Waals surface area contributed by atoms with E-state index in [4.69, 9.17) is 4.74 Å². The van der Waals surface area contributed by atoms with Gasteiger partial charge in [0.25, 0.3) is 11.8 Å². The van der Waals surface area contributed by atoms with E-state index in [1.165, 1.54) is 23.1 Å². The summed E-state index contributed by atoms with van der Waals surface area (Å²) in [6.07, 6.45) is -1.09. The Labute approximate surface area is 198 Å². The minimum absolute atomic E-state index is 0.0207. The molecule has 1 atom stereocenters. The Hall–Kier alpha value is -3.40. The number of urea groups is 1. The molecule has 33 heavy (non-hydrogen) atoms. The molecule has 1 saturated heterocycles. The number of hydrogen-bond donors (Lipinski definition) is 2. The van der Waals surface area contributed by atoms with E-state index in [0.717, 1.165) is 4.47 Å². The summed E-state index contributed by atoms with van der Waals surface area (Å²) in [7, 11) is 0. The number of phenolic OH excluding ortho intramolecular Hbond substituents is 1. The fraction of sp³-hybridized carbons (Fsp3) is 0.304. The number of nitrogens with one attached hydrogen (secondary N) is 1. The zero-order valence-corrected chi connectivity index (χ0v) is 19.8. The normalized spacial score (nSPS) is 20.2. The van der Waals surface area contributed by atoms with Crippen LogP contribution in [0.3, 0.4) is 0 Å². The number of carbonyl (C=O) groups excluding carboxylic acids is 4. The van der Waals surface area contributed by atoms with E-state index < -0.39 is 29.2 Å². The van der Waals surface area contributed by atoms with Crippen molar-refractivity contribution >= 4 is 39.9 Å². The van der Waals surface area contributed by atoms with Crippen LogP contribution >= 0.6 is 15.9 Å². The number of aromatic hydroxyl groups is 1. The molecule has 0 saturated carbocycles. The number of phenols is 1. The molecule has 1 fully saturated rings. The number of amides is 5. The smallest absolute Gasteiger partial charge is 0.425 e. The number of benzene rings is 2. The molecule has 172 valence electrons. The van der Waals surface area contributed by atoms with Gasteiger partial charge in [0.1, 0.15) is 11.4 Å². The Morgan fingerprint density at radius 3 is 2.45 bits per heavy atom. The fourth-order valence-electron chi connectivity index (χ4n) is 3.96. The highest BCUT2D eigenvalue weighted by atomic mass is 79.9. The predicted octanol–water partition coefficient (Wildman–Crippen LogP) is 3.49. The van der Waals surface area contributed by atoms with Crippen LogP contribution in [0.25, 0.3) is 0 Å². The monoisotopic (exact) mass is 515 g/mol. The van der Waals surface area contributed by atoms with Crippen molar-refractivity contribution in [3.05, 3.63) is 63.6 Å². The lowest BCUT2D eigenvalue weighted by atomic mass is 9.89. The number of fused-ring (bicyclic) bond motifs is 1. The van der Waals surface area contributed by atoms with E-state index in [1.54, 1.807) is 45.0 Å². The average Bonchev–Trinajstić information content (AvgIpc) is 3.14. The maximum Gasteiger partial charge on any atom is 0.425 e. The molecular weight excluding hydrogens is 494 g/mol. The molecule has 2 aromatic rings. The lowest BCUT2D eigenvalue weighted by molar-refractivity contribution is -0.131. The van der Waals surface area contributed by atoms with Gasteiger partial charge in [-0.25, -0.2) is 9.59 Å². The van der Waals surface area contributed by atoms with E-state index in [0.29, 0.717) is 21.6 Å². The van der Waals surface area contributed by atoms with Crippen LogP contribution in [0.15, 0.2) is 46.9 Å². The molecule has 10 heteroatoms. The topological polar surface area (TPSA) is 116 Å². The molecule has 2 aromatic carbocycles. The second kappa shape index (κ2) is 7.87. The Bertz CT molecular complexity index is 1170. The van der Waals surface area contributed by atoms with Crippen molar-refractivity contribution in [3.63, 3.8) is 0 Å². The van der Waals surface area contributed by atoms with Gasteiger partial charge in [-0.1, -0.05) is 28.1 Å². The molecule has 0 spiro atoms. The third-order valence-corrected chi connectivity index (χ3v) is 5.93. The van der Waals surface area contributed by atoms with Gasteiger partial charge in [-0.05, 0) is 62.2 Å². The summed E-state index contributed by atoms with van der Waals surface area (Å²) < 4.78 is 6.01. The second-order valence-electron chi connectivity index (χ2n) is 8.97. The van der Waals surface area contributed by atoms with Crippen LogP contribution in [0.1, 0.15) is 42.3 Å². The Balaban J connectivity index is 1.73. The zero-order chi connectivity index (χ0) is 24.1. The highest BCUT2D eigenvalue weighted by molar-refractivity contribution is 9.10. The summed E-state index contributed by atoms with van der Waals surface area (Å²) in [5, 5.41) is 12.4. The van der Waals surface area contributed by atoms with Crippen molar-refractivity contribution in [2.45, 2.75) is 38.5 Å². The van der Waals surface area contributed by atoms with Gasteiger partial charge >= 0.3 is 12.1 Å². The molecular formula is C23H22BrN3O6. The van der Waals surface area contributed by atoms with Crippen LogP contribution in [0.2, 0.25) is 0 Å². The average molecular weight is 516 g/mol. The van der Waals surface area contributed by atoms with Gasteiger partial charge in [-0.15, -0.1) is 0 Å². The van der Waals surface area contributed by atoms with Gasteiger partial charge in [0.15, 0.2) is 5.54 Å². The number of rotatable bonds is 3. The van der Waals surface area contributed by atoms with Crippen LogP contribution < -0.4 is 5.32 Å². The Morgan fingerprint density at radius 2 is 1.82 bits per heavy atom. The predicted molar refractivity (Wildman–Crippen MR) is 120 cm³/mol. The number of nitrogens with zero attached hydrogens (tertiary/aromatic N) is 2. The third-order valence-electron chi connectivity index (χ3n) is 5.40. The summed E-state index contributed by atoms with van der Waals surface area (Å²) >= 11 is 3.35. The highest BCUT2D eigenvalue weighted by Crippen LogP contribution is 2.35. The first kappa shape index (κ1) is 22.8. The Morgan fingerprint density at radius 1 is 1.15 bits per heavy atom. The largest absolute Gasteiger partial charge is 0.508 e. The number of halogens is 1. The lowest BCUT2D eigenvalue weighted by Crippen LogP contribution is -2.53. The summed E-state index contributed by atoms with van der Waals surface area (Å²) in [5.41, 5.74) is -1.21. The minimum Gasteiger partial charge on any atom is -0.508 e. The number of carbonyl (C=O) groups is 4. The van der Waals surface area contributed by atoms with E-state index in [9.17, 15) is 24.3 Å². The molecule has 1 unspecified atom stereocenters. The van der Waals surface area contributed by atoms with Gasteiger partial charge < -0.3 is 20.1 Å². The first-order chi connectivity index (χ1) is 15.4. The summed E-state index contributed by atoms with van der Waals surface area (Å²) in [4.78, 5) is 54.0. The van der Waals surface area contributed by atoms with Crippen molar-refractivity contribution in [1.29, 1.82) is 0 Å². The van der Waals surface area contributed by atoms with Gasteiger partial charge in [-0.2, -0.15) is 4.90 Å².